The first-order chi connectivity index (χ1) is 10.9. The second kappa shape index (κ2) is 7.22. The topological polar surface area (TPSA) is 44.2 Å². The highest BCUT2D eigenvalue weighted by molar-refractivity contribution is 5.25. The number of aromatic nitrogens is 2. The Bertz CT molecular complexity index is 644. The molecule has 0 aliphatic heterocycles. The molecule has 0 saturated carbocycles. The van der Waals surface area contributed by atoms with E-state index < -0.39 is 0 Å². The Labute approximate surface area is 129 Å². The summed E-state index contributed by atoms with van der Waals surface area (Å²) in [6.45, 7) is 1.01. The molecule has 0 amide bonds. The SMILES string of the molecule is c1cc(COc2cccnc2)cc(COc2cccnc2)c1. The van der Waals surface area contributed by atoms with Gasteiger partial charge in [0.05, 0.1) is 12.4 Å². The van der Waals surface area contributed by atoms with Crippen molar-refractivity contribution in [2.24, 2.45) is 0 Å². The van der Waals surface area contributed by atoms with Crippen molar-refractivity contribution in [3.8, 4) is 11.5 Å². The Morgan fingerprint density at radius 2 is 1.23 bits per heavy atom. The van der Waals surface area contributed by atoms with Crippen LogP contribution in [0.2, 0.25) is 0 Å². The van der Waals surface area contributed by atoms with E-state index in [2.05, 4.69) is 16.0 Å². The van der Waals surface area contributed by atoms with Gasteiger partial charge in [-0.2, -0.15) is 0 Å². The maximum atomic E-state index is 5.70. The van der Waals surface area contributed by atoms with Crippen LogP contribution in [0.5, 0.6) is 11.5 Å². The molecule has 0 bridgehead atoms. The molecule has 4 heteroatoms. The molecule has 0 aliphatic rings. The van der Waals surface area contributed by atoms with E-state index in [4.69, 9.17) is 9.47 Å². The zero-order valence-electron chi connectivity index (χ0n) is 12.1. The van der Waals surface area contributed by atoms with Gasteiger partial charge < -0.3 is 9.47 Å². The number of benzene rings is 1. The average Bonchev–Trinajstić information content (AvgIpc) is 2.60. The molecular weight excluding hydrogens is 276 g/mol. The Morgan fingerprint density at radius 3 is 1.68 bits per heavy atom. The molecule has 0 N–H and O–H groups in total. The van der Waals surface area contributed by atoms with Crippen LogP contribution < -0.4 is 9.47 Å². The van der Waals surface area contributed by atoms with Crippen LogP contribution in [0.3, 0.4) is 0 Å². The molecule has 0 unspecified atom stereocenters. The van der Waals surface area contributed by atoms with Gasteiger partial charge in [-0.15, -0.1) is 0 Å². The normalized spacial score (nSPS) is 10.2. The van der Waals surface area contributed by atoms with Crippen LogP contribution in [0.25, 0.3) is 0 Å². The minimum Gasteiger partial charge on any atom is -0.487 e. The van der Waals surface area contributed by atoms with Crippen LogP contribution in [0.4, 0.5) is 0 Å². The molecule has 2 heterocycles. The van der Waals surface area contributed by atoms with Crippen LogP contribution in [0.1, 0.15) is 11.1 Å². The fourth-order valence-electron chi connectivity index (χ4n) is 2.01. The van der Waals surface area contributed by atoms with Gasteiger partial charge in [-0.25, -0.2) is 0 Å². The van der Waals surface area contributed by atoms with Gasteiger partial charge in [0.25, 0.3) is 0 Å². The minimum absolute atomic E-state index is 0.506. The fraction of sp³-hybridized carbons (Fsp3) is 0.111. The number of hydrogen-bond acceptors (Lipinski definition) is 4. The van der Waals surface area contributed by atoms with Crippen molar-refractivity contribution in [3.63, 3.8) is 0 Å². The highest BCUT2D eigenvalue weighted by Gasteiger charge is 2.00. The lowest BCUT2D eigenvalue weighted by atomic mass is 10.1. The summed E-state index contributed by atoms with van der Waals surface area (Å²) in [5, 5.41) is 0. The standard InChI is InChI=1S/C18H16N2O2/c1-4-15(13-21-17-6-2-8-19-11-17)10-16(5-1)14-22-18-7-3-9-20-12-18/h1-12H,13-14H2. The summed E-state index contributed by atoms with van der Waals surface area (Å²) < 4.78 is 11.4. The van der Waals surface area contributed by atoms with Crippen LogP contribution >= 0.6 is 0 Å². The van der Waals surface area contributed by atoms with Crippen LogP contribution in [0, 0.1) is 0 Å². The Hall–Kier alpha value is -2.88. The van der Waals surface area contributed by atoms with E-state index in [1.807, 2.05) is 42.5 Å². The summed E-state index contributed by atoms with van der Waals surface area (Å²) >= 11 is 0. The number of nitrogens with zero attached hydrogens (tertiary/aromatic N) is 2. The largest absolute Gasteiger partial charge is 0.487 e. The minimum atomic E-state index is 0.506. The Morgan fingerprint density at radius 1 is 0.682 bits per heavy atom. The number of rotatable bonds is 6. The predicted octanol–water partition coefficient (Wildman–Crippen LogP) is 3.63. The molecule has 2 aromatic heterocycles. The first-order valence-corrected chi connectivity index (χ1v) is 7.03. The first-order valence-electron chi connectivity index (χ1n) is 7.03. The molecule has 1 aromatic carbocycles. The van der Waals surface area contributed by atoms with E-state index in [-0.39, 0.29) is 0 Å². The fourth-order valence-corrected chi connectivity index (χ4v) is 2.01. The van der Waals surface area contributed by atoms with Gasteiger partial charge in [0.15, 0.2) is 0 Å². The van der Waals surface area contributed by atoms with Crippen molar-refractivity contribution in [3.05, 3.63) is 84.4 Å². The molecule has 0 radical (unpaired) electrons. The van der Waals surface area contributed by atoms with Crippen LogP contribution in [-0.4, -0.2) is 9.97 Å². The summed E-state index contributed by atoms with van der Waals surface area (Å²) in [7, 11) is 0. The van der Waals surface area contributed by atoms with E-state index in [0.717, 1.165) is 22.6 Å². The smallest absolute Gasteiger partial charge is 0.138 e. The lowest BCUT2D eigenvalue weighted by Crippen LogP contribution is -1.99. The Kier molecular flexibility index (Phi) is 4.62. The van der Waals surface area contributed by atoms with Gasteiger partial charge in [0.1, 0.15) is 24.7 Å². The van der Waals surface area contributed by atoms with Crippen molar-refractivity contribution < 1.29 is 9.47 Å². The molecule has 0 aliphatic carbocycles. The second-order valence-electron chi connectivity index (χ2n) is 4.77. The molecule has 0 saturated heterocycles. The van der Waals surface area contributed by atoms with E-state index in [9.17, 15) is 0 Å². The monoisotopic (exact) mass is 292 g/mol. The highest BCUT2D eigenvalue weighted by atomic mass is 16.5. The zero-order chi connectivity index (χ0) is 15.0. The van der Waals surface area contributed by atoms with Gasteiger partial charge in [-0.1, -0.05) is 18.2 Å². The second-order valence-corrected chi connectivity index (χ2v) is 4.77. The molecule has 0 fully saturated rings. The zero-order valence-corrected chi connectivity index (χ0v) is 12.1. The van der Waals surface area contributed by atoms with Crippen molar-refractivity contribution in [1.82, 2.24) is 9.97 Å². The van der Waals surface area contributed by atoms with E-state index in [0.29, 0.717) is 13.2 Å². The highest BCUT2D eigenvalue weighted by Crippen LogP contribution is 2.14. The Balaban J connectivity index is 1.58. The lowest BCUT2D eigenvalue weighted by Gasteiger charge is -2.09. The summed E-state index contributed by atoms with van der Waals surface area (Å²) in [6.07, 6.45) is 6.86. The maximum absolute atomic E-state index is 5.70. The molecule has 0 atom stereocenters. The number of pyridine rings is 2. The molecule has 4 nitrogen and oxygen atoms in total. The summed E-state index contributed by atoms with van der Waals surface area (Å²) in [6, 6.07) is 15.6. The molecule has 110 valence electrons. The van der Waals surface area contributed by atoms with Gasteiger partial charge in [-0.05, 0) is 41.5 Å². The number of ether oxygens (including phenoxy) is 2. The first kappa shape index (κ1) is 14.1. The van der Waals surface area contributed by atoms with Gasteiger partial charge in [-0.3, -0.25) is 9.97 Å². The number of hydrogen-bond donors (Lipinski definition) is 0. The van der Waals surface area contributed by atoms with E-state index in [1.165, 1.54) is 0 Å². The van der Waals surface area contributed by atoms with Crippen molar-refractivity contribution >= 4 is 0 Å². The van der Waals surface area contributed by atoms with Crippen LogP contribution in [-0.2, 0) is 13.2 Å². The van der Waals surface area contributed by atoms with Gasteiger partial charge >= 0.3 is 0 Å². The van der Waals surface area contributed by atoms with Crippen molar-refractivity contribution in [1.29, 1.82) is 0 Å². The predicted molar refractivity (Wildman–Crippen MR) is 83.6 cm³/mol. The third-order valence-electron chi connectivity index (χ3n) is 3.07. The molecule has 3 aromatic rings. The van der Waals surface area contributed by atoms with E-state index >= 15 is 0 Å². The summed E-state index contributed by atoms with van der Waals surface area (Å²) in [4.78, 5) is 8.05. The third kappa shape index (κ3) is 4.06. The summed E-state index contributed by atoms with van der Waals surface area (Å²) in [5.41, 5.74) is 2.19. The molecule has 3 rings (SSSR count). The van der Waals surface area contributed by atoms with Crippen molar-refractivity contribution in [2.75, 3.05) is 0 Å². The maximum Gasteiger partial charge on any atom is 0.138 e. The quantitative estimate of drug-likeness (QED) is 0.696. The lowest BCUT2D eigenvalue weighted by molar-refractivity contribution is 0.298. The molecular formula is C18H16N2O2. The summed E-state index contributed by atoms with van der Waals surface area (Å²) in [5.74, 6) is 1.53. The van der Waals surface area contributed by atoms with E-state index in [1.54, 1.807) is 24.8 Å². The van der Waals surface area contributed by atoms with Gasteiger partial charge in [0.2, 0.25) is 0 Å². The van der Waals surface area contributed by atoms with Crippen LogP contribution in [0.15, 0.2) is 73.3 Å². The molecule has 22 heavy (non-hydrogen) atoms. The van der Waals surface area contributed by atoms with Crippen molar-refractivity contribution in [2.45, 2.75) is 13.2 Å². The molecule has 0 spiro atoms. The van der Waals surface area contributed by atoms with Gasteiger partial charge in [0, 0.05) is 12.4 Å². The third-order valence-corrected chi connectivity index (χ3v) is 3.07. The average molecular weight is 292 g/mol.